The Labute approximate surface area is 97.6 Å². The largest absolute Gasteiger partial charge is 0.518 e. The van der Waals surface area contributed by atoms with E-state index < -0.39 is 8.56 Å². The predicted octanol–water partition coefficient (Wildman–Crippen LogP) is 3.72. The van der Waals surface area contributed by atoms with Gasteiger partial charge >= 0.3 is 8.56 Å². The Morgan fingerprint density at radius 1 is 1.25 bits per heavy atom. The van der Waals surface area contributed by atoms with Gasteiger partial charge in [0, 0.05) is 6.61 Å². The highest BCUT2D eigenvalue weighted by atomic mass is 28.4. The van der Waals surface area contributed by atoms with Crippen molar-refractivity contribution in [1.82, 2.24) is 0 Å². The van der Waals surface area contributed by atoms with E-state index in [0.29, 0.717) is 6.61 Å². The third-order valence-electron chi connectivity index (χ3n) is 2.14. The summed E-state index contributed by atoms with van der Waals surface area (Å²) in [5.74, 6) is -0.0437. The first-order chi connectivity index (χ1) is 7.55. The second kappa shape index (κ2) is 6.01. The van der Waals surface area contributed by atoms with Gasteiger partial charge in [0.05, 0.1) is 0 Å². The van der Waals surface area contributed by atoms with Gasteiger partial charge in [-0.3, -0.25) is 0 Å². The number of unbranched alkanes of at least 4 members (excludes halogenated alkanes) is 1. The van der Waals surface area contributed by atoms with E-state index in [0.717, 1.165) is 12.8 Å². The smallest absolute Gasteiger partial charge is 0.392 e. The molecule has 1 aromatic rings. The van der Waals surface area contributed by atoms with Crippen molar-refractivity contribution in [3.8, 4) is 5.75 Å². The maximum Gasteiger partial charge on any atom is 0.392 e. The first-order valence-corrected chi connectivity index (χ1v) is 8.44. The number of benzene rings is 1. The van der Waals surface area contributed by atoms with Crippen LogP contribution >= 0.6 is 0 Å². The summed E-state index contributed by atoms with van der Waals surface area (Å²) < 4.78 is 24.6. The lowest BCUT2D eigenvalue weighted by Crippen LogP contribution is -2.38. The van der Waals surface area contributed by atoms with Crippen molar-refractivity contribution in [1.29, 1.82) is 0 Å². The van der Waals surface area contributed by atoms with Crippen LogP contribution in [0.25, 0.3) is 0 Å². The Morgan fingerprint density at radius 3 is 2.56 bits per heavy atom. The van der Waals surface area contributed by atoms with Crippen molar-refractivity contribution in [3.63, 3.8) is 0 Å². The summed E-state index contributed by atoms with van der Waals surface area (Å²) in [6.07, 6.45) is 2.10. The maximum atomic E-state index is 13.3. The quantitative estimate of drug-likeness (QED) is 0.559. The molecule has 0 spiro atoms. The number of hydrogen-bond donors (Lipinski definition) is 0. The molecule has 1 aromatic carbocycles. The zero-order chi connectivity index (χ0) is 12.0. The highest BCUT2D eigenvalue weighted by Gasteiger charge is 2.27. The molecule has 0 saturated heterocycles. The van der Waals surface area contributed by atoms with Crippen molar-refractivity contribution in [2.75, 3.05) is 6.61 Å². The first-order valence-electron chi connectivity index (χ1n) is 5.62. The molecular formula is C12H19FO2Si. The highest BCUT2D eigenvalue weighted by Crippen LogP contribution is 2.20. The van der Waals surface area contributed by atoms with Gasteiger partial charge in [0.1, 0.15) is 5.75 Å². The molecule has 0 atom stereocenters. The van der Waals surface area contributed by atoms with Crippen LogP contribution < -0.4 is 4.43 Å². The molecule has 0 bridgehead atoms. The minimum atomic E-state index is -2.25. The lowest BCUT2D eigenvalue weighted by Gasteiger charge is -2.23. The van der Waals surface area contributed by atoms with Gasteiger partial charge in [0.2, 0.25) is 0 Å². The number of halogens is 1. The average Bonchev–Trinajstić information content (AvgIpc) is 2.21. The lowest BCUT2D eigenvalue weighted by molar-refractivity contribution is 0.240. The van der Waals surface area contributed by atoms with Gasteiger partial charge in [-0.25, -0.2) is 4.39 Å². The highest BCUT2D eigenvalue weighted by molar-refractivity contribution is 6.65. The van der Waals surface area contributed by atoms with Crippen LogP contribution in [0.4, 0.5) is 4.39 Å². The van der Waals surface area contributed by atoms with Gasteiger partial charge in [-0.15, -0.1) is 0 Å². The predicted molar refractivity (Wildman–Crippen MR) is 65.4 cm³/mol. The Hall–Kier alpha value is -0.873. The van der Waals surface area contributed by atoms with Crippen LogP contribution in [0.3, 0.4) is 0 Å². The van der Waals surface area contributed by atoms with Crippen molar-refractivity contribution >= 4 is 8.56 Å². The van der Waals surface area contributed by atoms with Gasteiger partial charge in [-0.05, 0) is 31.6 Å². The van der Waals surface area contributed by atoms with E-state index in [1.807, 2.05) is 13.1 Å². The normalized spacial score (nSPS) is 11.5. The van der Waals surface area contributed by atoms with Crippen LogP contribution in [0.1, 0.15) is 19.8 Å². The average molecular weight is 242 g/mol. The van der Waals surface area contributed by atoms with Gasteiger partial charge < -0.3 is 8.85 Å². The SMILES string of the molecule is CCCCO[Si](C)(C)Oc1ccccc1F. The summed E-state index contributed by atoms with van der Waals surface area (Å²) in [5.41, 5.74) is 0. The third kappa shape index (κ3) is 4.33. The molecule has 0 amide bonds. The fraction of sp³-hybridized carbons (Fsp3) is 0.500. The summed E-state index contributed by atoms with van der Waals surface area (Å²) in [6, 6.07) is 6.43. The Bertz CT molecular complexity index is 329. The first kappa shape index (κ1) is 13.2. The molecule has 0 N–H and O–H groups in total. The molecule has 0 fully saturated rings. The summed E-state index contributed by atoms with van der Waals surface area (Å²) >= 11 is 0. The fourth-order valence-corrected chi connectivity index (χ4v) is 2.67. The van der Waals surface area contributed by atoms with Crippen LogP contribution in [0, 0.1) is 5.82 Å². The zero-order valence-corrected chi connectivity index (χ0v) is 11.1. The Balaban J connectivity index is 2.55. The minimum Gasteiger partial charge on any atom is -0.518 e. The second-order valence-electron chi connectivity index (χ2n) is 4.13. The van der Waals surface area contributed by atoms with E-state index in [9.17, 15) is 4.39 Å². The topological polar surface area (TPSA) is 18.5 Å². The minimum absolute atomic E-state index is 0.288. The van der Waals surface area contributed by atoms with Crippen LogP contribution in [-0.2, 0) is 4.43 Å². The van der Waals surface area contributed by atoms with E-state index in [1.54, 1.807) is 18.2 Å². The number of hydrogen-bond acceptors (Lipinski definition) is 2. The monoisotopic (exact) mass is 242 g/mol. The van der Waals surface area contributed by atoms with E-state index in [2.05, 4.69) is 6.92 Å². The molecule has 0 radical (unpaired) electrons. The van der Waals surface area contributed by atoms with Crippen LogP contribution in [0.15, 0.2) is 24.3 Å². The lowest BCUT2D eigenvalue weighted by atomic mass is 10.3. The van der Waals surface area contributed by atoms with Crippen molar-refractivity contribution in [3.05, 3.63) is 30.1 Å². The van der Waals surface area contributed by atoms with E-state index in [1.165, 1.54) is 6.07 Å². The summed E-state index contributed by atoms with van der Waals surface area (Å²) in [7, 11) is -2.25. The van der Waals surface area contributed by atoms with Crippen molar-refractivity contribution < 1.29 is 13.2 Å². The molecule has 90 valence electrons. The molecule has 0 saturated carbocycles. The molecule has 0 aliphatic heterocycles. The molecule has 0 aliphatic carbocycles. The van der Waals surface area contributed by atoms with E-state index >= 15 is 0 Å². The van der Waals surface area contributed by atoms with Crippen LogP contribution in [0.2, 0.25) is 13.1 Å². The molecule has 2 nitrogen and oxygen atoms in total. The van der Waals surface area contributed by atoms with Crippen molar-refractivity contribution in [2.45, 2.75) is 32.9 Å². The second-order valence-corrected chi connectivity index (χ2v) is 7.43. The Morgan fingerprint density at radius 2 is 1.94 bits per heavy atom. The van der Waals surface area contributed by atoms with Gasteiger partial charge in [-0.2, -0.15) is 0 Å². The molecule has 0 heterocycles. The fourth-order valence-electron chi connectivity index (χ4n) is 1.28. The standard InChI is InChI=1S/C12H19FO2Si/c1-4-5-10-14-16(2,3)15-12-9-7-6-8-11(12)13/h6-9H,4-5,10H2,1-3H3. The van der Waals surface area contributed by atoms with Gasteiger partial charge in [-0.1, -0.05) is 25.5 Å². The molecule has 4 heteroatoms. The molecule has 16 heavy (non-hydrogen) atoms. The van der Waals surface area contributed by atoms with Crippen LogP contribution in [-0.4, -0.2) is 15.2 Å². The number of para-hydroxylation sites is 1. The van der Waals surface area contributed by atoms with E-state index in [4.69, 9.17) is 8.85 Å². The maximum absolute atomic E-state index is 13.3. The van der Waals surface area contributed by atoms with Crippen molar-refractivity contribution in [2.24, 2.45) is 0 Å². The number of rotatable bonds is 6. The third-order valence-corrected chi connectivity index (χ3v) is 3.75. The summed E-state index contributed by atoms with van der Waals surface area (Å²) in [6.45, 7) is 6.64. The van der Waals surface area contributed by atoms with Gasteiger partial charge in [0.25, 0.3) is 0 Å². The molecule has 0 aliphatic rings. The molecular weight excluding hydrogens is 223 g/mol. The summed E-state index contributed by atoms with van der Waals surface area (Å²) in [4.78, 5) is 0. The van der Waals surface area contributed by atoms with E-state index in [-0.39, 0.29) is 11.6 Å². The zero-order valence-electron chi connectivity index (χ0n) is 10.1. The molecule has 0 unspecified atom stereocenters. The van der Waals surface area contributed by atoms with Gasteiger partial charge in [0.15, 0.2) is 5.82 Å². The molecule has 1 rings (SSSR count). The Kier molecular flexibility index (Phi) is 4.95. The summed E-state index contributed by atoms with van der Waals surface area (Å²) in [5, 5.41) is 0. The molecule has 0 aromatic heterocycles. The van der Waals surface area contributed by atoms with Crippen LogP contribution in [0.5, 0.6) is 5.75 Å².